The van der Waals surface area contributed by atoms with E-state index in [1.807, 2.05) is 0 Å². The number of halogens is 1. The van der Waals surface area contributed by atoms with Crippen LogP contribution < -0.4 is 10.4 Å². The minimum atomic E-state index is -2.60. The first kappa shape index (κ1) is 25.4. The molecule has 1 aliphatic rings. The maximum Gasteiger partial charge on any atom is 0.293 e. The van der Waals surface area contributed by atoms with E-state index in [0.29, 0.717) is 23.6 Å². The lowest BCUT2D eigenvalue weighted by molar-refractivity contribution is -0.136. The third-order valence-electron chi connectivity index (χ3n) is 6.26. The van der Waals surface area contributed by atoms with E-state index in [1.165, 1.54) is 10.4 Å². The molecule has 1 fully saturated rings. The van der Waals surface area contributed by atoms with Gasteiger partial charge in [0.2, 0.25) is 0 Å². The maximum absolute atomic E-state index is 10.8. The standard InChI is InChI=1S/C26H35IO4Si/c1-26(2,3)32(22-13-6-4-7-14-22,23-15-8-5-9-16-23)30-18-21-12-10-11-17-24(27)25(31-21)19-29-20-28/h4-9,13-16,20-21,24-25H,10-12,17-19H2,1-3H3/t21-,24+,25-/m0/s1. The van der Waals surface area contributed by atoms with Crippen LogP contribution >= 0.6 is 22.6 Å². The van der Waals surface area contributed by atoms with E-state index < -0.39 is 8.32 Å². The topological polar surface area (TPSA) is 44.8 Å². The van der Waals surface area contributed by atoms with E-state index in [9.17, 15) is 4.79 Å². The highest BCUT2D eigenvalue weighted by atomic mass is 127. The minimum absolute atomic E-state index is 0.0190. The molecule has 1 saturated heterocycles. The Morgan fingerprint density at radius 3 is 2.06 bits per heavy atom. The molecule has 2 aromatic carbocycles. The van der Waals surface area contributed by atoms with Crippen LogP contribution in [-0.2, 0) is 18.7 Å². The second kappa shape index (κ2) is 11.8. The molecule has 1 aliphatic heterocycles. The fraction of sp³-hybridized carbons (Fsp3) is 0.500. The zero-order valence-electron chi connectivity index (χ0n) is 19.3. The molecule has 0 N–H and O–H groups in total. The Hall–Kier alpha value is -1.22. The van der Waals surface area contributed by atoms with Crippen molar-refractivity contribution in [3.63, 3.8) is 0 Å². The van der Waals surface area contributed by atoms with E-state index in [2.05, 4.69) is 104 Å². The Labute approximate surface area is 207 Å². The Morgan fingerprint density at radius 1 is 0.969 bits per heavy atom. The molecule has 4 nitrogen and oxygen atoms in total. The number of carbonyl (C=O) groups is 1. The lowest BCUT2D eigenvalue weighted by Gasteiger charge is -2.44. The van der Waals surface area contributed by atoms with Crippen LogP contribution in [0.1, 0.15) is 46.5 Å². The summed E-state index contributed by atoms with van der Waals surface area (Å²) in [7, 11) is -2.60. The van der Waals surface area contributed by atoms with Gasteiger partial charge < -0.3 is 13.9 Å². The van der Waals surface area contributed by atoms with Gasteiger partial charge in [-0.3, -0.25) is 4.79 Å². The van der Waals surface area contributed by atoms with Gasteiger partial charge in [-0.1, -0.05) is 117 Å². The first-order chi connectivity index (χ1) is 15.4. The van der Waals surface area contributed by atoms with Crippen molar-refractivity contribution in [2.45, 2.75) is 67.6 Å². The number of rotatable bonds is 8. The number of ether oxygens (including phenoxy) is 2. The Kier molecular flexibility index (Phi) is 9.34. The lowest BCUT2D eigenvalue weighted by Crippen LogP contribution is -2.67. The van der Waals surface area contributed by atoms with Crippen LogP contribution in [-0.4, -0.2) is 44.1 Å². The first-order valence-corrected chi connectivity index (χ1v) is 14.6. The number of carbonyl (C=O) groups excluding carboxylic acids is 1. The quantitative estimate of drug-likeness (QED) is 0.198. The number of alkyl halides is 1. The number of hydrogen-bond acceptors (Lipinski definition) is 4. The predicted molar refractivity (Wildman–Crippen MR) is 141 cm³/mol. The van der Waals surface area contributed by atoms with Gasteiger partial charge in [0, 0.05) is 3.92 Å². The zero-order valence-corrected chi connectivity index (χ0v) is 22.5. The molecule has 6 heteroatoms. The highest BCUT2D eigenvalue weighted by Crippen LogP contribution is 2.37. The van der Waals surface area contributed by atoms with Gasteiger partial charge in [-0.25, -0.2) is 0 Å². The van der Waals surface area contributed by atoms with Gasteiger partial charge in [-0.05, 0) is 28.3 Å². The molecule has 3 rings (SSSR count). The number of hydrogen-bond donors (Lipinski definition) is 0. The van der Waals surface area contributed by atoms with Crippen molar-refractivity contribution in [3.8, 4) is 0 Å². The summed E-state index contributed by atoms with van der Waals surface area (Å²) in [6.07, 6.45) is 4.19. The average Bonchev–Trinajstić information content (AvgIpc) is 2.78. The highest BCUT2D eigenvalue weighted by Gasteiger charge is 2.50. The van der Waals surface area contributed by atoms with E-state index >= 15 is 0 Å². The van der Waals surface area contributed by atoms with Crippen LogP contribution in [0.2, 0.25) is 5.04 Å². The third kappa shape index (κ3) is 6.01. The summed E-state index contributed by atoms with van der Waals surface area (Å²) in [5, 5.41) is 2.48. The second-order valence-electron chi connectivity index (χ2n) is 9.50. The summed E-state index contributed by atoms with van der Waals surface area (Å²) in [5.74, 6) is 0. The summed E-state index contributed by atoms with van der Waals surface area (Å²) in [5.41, 5.74) is 0. The molecular weight excluding hydrogens is 531 g/mol. The van der Waals surface area contributed by atoms with Crippen molar-refractivity contribution in [3.05, 3.63) is 60.7 Å². The van der Waals surface area contributed by atoms with Crippen LogP contribution in [0.15, 0.2) is 60.7 Å². The third-order valence-corrected chi connectivity index (χ3v) is 12.7. The summed E-state index contributed by atoms with van der Waals surface area (Å²) < 4.78 is 19.0. The van der Waals surface area contributed by atoms with Crippen molar-refractivity contribution >= 4 is 47.8 Å². The first-order valence-electron chi connectivity index (χ1n) is 11.5. The molecule has 0 amide bonds. The van der Waals surface area contributed by atoms with Gasteiger partial charge in [0.1, 0.15) is 12.7 Å². The van der Waals surface area contributed by atoms with Gasteiger partial charge in [0.25, 0.3) is 14.8 Å². The molecule has 0 spiro atoms. The van der Waals surface area contributed by atoms with Crippen LogP contribution in [0.4, 0.5) is 0 Å². The molecule has 0 aliphatic carbocycles. The fourth-order valence-corrected chi connectivity index (χ4v) is 10.1. The summed E-state index contributed by atoms with van der Waals surface area (Å²) in [6, 6.07) is 21.4. The summed E-state index contributed by atoms with van der Waals surface area (Å²) in [6.45, 7) is 8.22. The number of benzene rings is 2. The molecule has 0 aromatic heterocycles. The molecule has 0 radical (unpaired) electrons. The van der Waals surface area contributed by atoms with Gasteiger partial charge in [-0.2, -0.15) is 0 Å². The molecule has 174 valence electrons. The maximum atomic E-state index is 10.8. The molecule has 32 heavy (non-hydrogen) atoms. The van der Waals surface area contributed by atoms with Crippen LogP contribution in [0.25, 0.3) is 0 Å². The fourth-order valence-electron chi connectivity index (χ4n) is 4.68. The van der Waals surface area contributed by atoms with E-state index in [1.54, 1.807) is 0 Å². The van der Waals surface area contributed by atoms with Crippen molar-refractivity contribution in [2.24, 2.45) is 0 Å². The molecule has 2 aromatic rings. The highest BCUT2D eigenvalue weighted by molar-refractivity contribution is 14.1. The normalized spacial score (nSPS) is 22.6. The van der Waals surface area contributed by atoms with Crippen molar-refractivity contribution in [2.75, 3.05) is 13.2 Å². The molecular formula is C26H35IO4Si. The van der Waals surface area contributed by atoms with Gasteiger partial charge in [-0.15, -0.1) is 0 Å². The largest absolute Gasteiger partial charge is 0.465 e. The van der Waals surface area contributed by atoms with Gasteiger partial charge >= 0.3 is 0 Å². The van der Waals surface area contributed by atoms with E-state index in [4.69, 9.17) is 13.9 Å². The molecule has 1 heterocycles. The Balaban J connectivity index is 1.92. The molecule has 3 atom stereocenters. The van der Waals surface area contributed by atoms with Crippen molar-refractivity contribution < 1.29 is 18.7 Å². The van der Waals surface area contributed by atoms with Gasteiger partial charge in [0.15, 0.2) is 0 Å². The molecule has 0 bridgehead atoms. The average molecular weight is 567 g/mol. The molecule has 0 unspecified atom stereocenters. The zero-order chi connectivity index (χ0) is 23.0. The van der Waals surface area contributed by atoms with E-state index in [-0.39, 0.29) is 17.2 Å². The van der Waals surface area contributed by atoms with E-state index in [0.717, 1.165) is 25.7 Å². The van der Waals surface area contributed by atoms with Gasteiger partial charge in [0.05, 0.1) is 12.7 Å². The van der Waals surface area contributed by atoms with Crippen LogP contribution in [0.3, 0.4) is 0 Å². The Morgan fingerprint density at radius 2 is 1.53 bits per heavy atom. The summed E-state index contributed by atoms with van der Waals surface area (Å²) >= 11 is 2.43. The predicted octanol–water partition coefficient (Wildman–Crippen LogP) is 4.87. The van der Waals surface area contributed by atoms with Crippen LogP contribution in [0.5, 0.6) is 0 Å². The molecule has 0 saturated carbocycles. The summed E-state index contributed by atoms with van der Waals surface area (Å²) in [4.78, 5) is 10.8. The monoisotopic (exact) mass is 566 g/mol. The SMILES string of the molecule is CC(C)(C)[Si](OC[C@@H]1CCCC[C@@H](I)[C@H](COC=O)O1)(c1ccccc1)c1ccccc1. The van der Waals surface area contributed by atoms with Crippen molar-refractivity contribution in [1.29, 1.82) is 0 Å². The minimum Gasteiger partial charge on any atom is -0.465 e. The lowest BCUT2D eigenvalue weighted by atomic mass is 10.0. The Bertz CT molecular complexity index is 785. The second-order valence-corrected chi connectivity index (χ2v) is 15.4. The van der Waals surface area contributed by atoms with Crippen molar-refractivity contribution in [1.82, 2.24) is 0 Å². The van der Waals surface area contributed by atoms with Crippen LogP contribution in [0, 0.1) is 0 Å². The smallest absolute Gasteiger partial charge is 0.293 e.